The van der Waals surface area contributed by atoms with E-state index in [1.807, 2.05) is 12.1 Å². The zero-order valence-corrected chi connectivity index (χ0v) is 11.7. The van der Waals surface area contributed by atoms with Crippen LogP contribution in [0.15, 0.2) is 49.2 Å². The summed E-state index contributed by atoms with van der Waals surface area (Å²) < 4.78 is 6.91. The molecule has 0 atom stereocenters. The number of nitrogens with zero attached hydrogens (tertiary/aromatic N) is 1. The van der Waals surface area contributed by atoms with Crippen molar-refractivity contribution in [1.29, 1.82) is 0 Å². The van der Waals surface area contributed by atoms with Gasteiger partial charge in [0.25, 0.3) is 0 Å². The van der Waals surface area contributed by atoms with E-state index in [-0.39, 0.29) is 11.3 Å². The van der Waals surface area contributed by atoms with E-state index < -0.39 is 11.9 Å². The van der Waals surface area contributed by atoms with Gasteiger partial charge in [-0.05, 0) is 24.1 Å². The quantitative estimate of drug-likeness (QED) is 0.519. The molecule has 5 heteroatoms. The van der Waals surface area contributed by atoms with Crippen LogP contribution < -0.4 is 10.5 Å². The van der Waals surface area contributed by atoms with Crippen molar-refractivity contribution < 1.29 is 14.3 Å². The summed E-state index contributed by atoms with van der Waals surface area (Å²) in [6.45, 7) is 3.68. The Kier molecular flexibility index (Phi) is 4.23. The lowest BCUT2D eigenvalue weighted by Gasteiger charge is -2.08. The van der Waals surface area contributed by atoms with E-state index in [9.17, 15) is 9.59 Å². The summed E-state index contributed by atoms with van der Waals surface area (Å²) in [6.07, 6.45) is 3.83. The average Bonchev–Trinajstić information content (AvgIpc) is 2.83. The molecule has 0 spiro atoms. The number of carbonyl (C=O) groups is 2. The molecule has 0 bridgehead atoms. The molecule has 21 heavy (non-hydrogen) atoms. The maximum absolute atomic E-state index is 12.2. The second-order valence-corrected chi connectivity index (χ2v) is 4.58. The van der Waals surface area contributed by atoms with Gasteiger partial charge in [0.15, 0.2) is 0 Å². The number of hydrogen-bond acceptors (Lipinski definition) is 3. The van der Waals surface area contributed by atoms with Gasteiger partial charge in [0.05, 0.1) is 5.56 Å². The molecule has 0 aliphatic carbocycles. The molecular formula is C16H16N2O3. The number of hydrogen-bond donors (Lipinski definition) is 1. The first-order valence-electron chi connectivity index (χ1n) is 6.40. The molecule has 0 saturated heterocycles. The minimum absolute atomic E-state index is 0.261. The van der Waals surface area contributed by atoms with Crippen LogP contribution in [0.2, 0.25) is 0 Å². The fraction of sp³-hybridized carbons (Fsp3) is 0.125. The van der Waals surface area contributed by atoms with Crippen LogP contribution in [0.25, 0.3) is 0 Å². The zero-order chi connectivity index (χ0) is 15.4. The van der Waals surface area contributed by atoms with Crippen molar-refractivity contribution >= 4 is 11.9 Å². The third kappa shape index (κ3) is 3.20. The minimum atomic E-state index is -0.586. The summed E-state index contributed by atoms with van der Waals surface area (Å²) in [5, 5.41) is 0. The van der Waals surface area contributed by atoms with Gasteiger partial charge in [-0.3, -0.25) is 4.79 Å². The molecule has 1 amide bonds. The van der Waals surface area contributed by atoms with Crippen molar-refractivity contribution in [2.75, 3.05) is 0 Å². The fourth-order valence-corrected chi connectivity index (χ4v) is 1.98. The lowest BCUT2D eigenvalue weighted by molar-refractivity contribution is 0.0723. The Labute approximate surface area is 122 Å². The van der Waals surface area contributed by atoms with Crippen molar-refractivity contribution in [2.45, 2.75) is 6.42 Å². The largest absolute Gasteiger partial charge is 0.422 e. The SMILES string of the molecule is C=CCc1ccccc1OC(=O)c1cc(C(N)=O)cn1C. The summed E-state index contributed by atoms with van der Waals surface area (Å²) in [7, 11) is 1.65. The van der Waals surface area contributed by atoms with E-state index in [4.69, 9.17) is 10.5 Å². The Morgan fingerprint density at radius 3 is 2.71 bits per heavy atom. The maximum atomic E-state index is 12.2. The number of primary amides is 1. The van der Waals surface area contributed by atoms with Crippen molar-refractivity contribution in [3.63, 3.8) is 0 Å². The lowest BCUT2D eigenvalue weighted by atomic mass is 10.1. The predicted octanol–water partition coefficient (Wildman–Crippen LogP) is 2.07. The van der Waals surface area contributed by atoms with Gasteiger partial charge in [-0.15, -0.1) is 6.58 Å². The van der Waals surface area contributed by atoms with Crippen LogP contribution in [0.3, 0.4) is 0 Å². The van der Waals surface area contributed by atoms with Crippen molar-refractivity contribution in [3.05, 3.63) is 66.0 Å². The second kappa shape index (κ2) is 6.09. The van der Waals surface area contributed by atoms with Crippen molar-refractivity contribution in [1.82, 2.24) is 4.57 Å². The molecular weight excluding hydrogens is 268 g/mol. The third-order valence-corrected chi connectivity index (χ3v) is 3.04. The first-order chi connectivity index (χ1) is 10.0. The Hall–Kier alpha value is -2.82. The number of aromatic nitrogens is 1. The van der Waals surface area contributed by atoms with E-state index in [0.29, 0.717) is 12.2 Å². The van der Waals surface area contributed by atoms with Crippen LogP contribution >= 0.6 is 0 Å². The molecule has 0 aliphatic rings. The van der Waals surface area contributed by atoms with Gasteiger partial charge in [-0.1, -0.05) is 24.3 Å². The highest BCUT2D eigenvalue weighted by atomic mass is 16.5. The number of nitrogens with two attached hydrogens (primary N) is 1. The number of benzene rings is 1. The highest BCUT2D eigenvalue weighted by Crippen LogP contribution is 2.20. The normalized spacial score (nSPS) is 10.1. The van der Waals surface area contributed by atoms with E-state index in [2.05, 4.69) is 6.58 Å². The number of ether oxygens (including phenoxy) is 1. The molecule has 1 aromatic heterocycles. The molecule has 0 radical (unpaired) electrons. The molecule has 0 saturated carbocycles. The van der Waals surface area contributed by atoms with Crippen LogP contribution in [-0.4, -0.2) is 16.4 Å². The highest BCUT2D eigenvalue weighted by Gasteiger charge is 2.17. The summed E-state index contributed by atoms with van der Waals surface area (Å²) >= 11 is 0. The maximum Gasteiger partial charge on any atom is 0.360 e. The van der Waals surface area contributed by atoms with Gasteiger partial charge in [-0.25, -0.2) is 4.79 Å². The van der Waals surface area contributed by atoms with Gasteiger partial charge in [0.1, 0.15) is 11.4 Å². The van der Waals surface area contributed by atoms with E-state index in [0.717, 1.165) is 5.56 Å². The number of esters is 1. The molecule has 0 unspecified atom stereocenters. The molecule has 1 aromatic carbocycles. The first-order valence-corrected chi connectivity index (χ1v) is 6.40. The third-order valence-electron chi connectivity index (χ3n) is 3.04. The van der Waals surface area contributed by atoms with Crippen LogP contribution in [0.4, 0.5) is 0 Å². The summed E-state index contributed by atoms with van der Waals surface area (Å²) in [6, 6.07) is 8.65. The molecule has 2 rings (SSSR count). The lowest BCUT2D eigenvalue weighted by Crippen LogP contribution is -2.13. The molecule has 0 aliphatic heterocycles. The molecule has 1 heterocycles. The van der Waals surface area contributed by atoms with Crippen molar-refractivity contribution in [3.8, 4) is 5.75 Å². The van der Waals surface area contributed by atoms with Crippen LogP contribution in [0, 0.1) is 0 Å². The van der Waals surface area contributed by atoms with Gasteiger partial charge >= 0.3 is 5.97 Å². The number of para-hydroxylation sites is 1. The van der Waals surface area contributed by atoms with Gasteiger partial charge < -0.3 is 15.0 Å². The van der Waals surface area contributed by atoms with E-state index in [1.165, 1.54) is 16.8 Å². The number of carbonyl (C=O) groups excluding carboxylic acids is 2. The number of amides is 1. The van der Waals surface area contributed by atoms with Crippen LogP contribution in [0.1, 0.15) is 26.4 Å². The Bertz CT molecular complexity index is 701. The second-order valence-electron chi connectivity index (χ2n) is 4.58. The predicted molar refractivity (Wildman–Crippen MR) is 79.2 cm³/mol. The van der Waals surface area contributed by atoms with Gasteiger partial charge in [-0.2, -0.15) is 0 Å². The average molecular weight is 284 g/mol. The molecule has 108 valence electrons. The topological polar surface area (TPSA) is 74.3 Å². The molecule has 0 fully saturated rings. The Morgan fingerprint density at radius 1 is 1.38 bits per heavy atom. The number of aryl methyl sites for hydroxylation is 1. The fourth-order valence-electron chi connectivity index (χ4n) is 1.98. The molecule has 5 nitrogen and oxygen atoms in total. The molecule has 2 N–H and O–H groups in total. The van der Waals surface area contributed by atoms with Crippen LogP contribution in [-0.2, 0) is 13.5 Å². The Morgan fingerprint density at radius 2 is 2.10 bits per heavy atom. The highest BCUT2D eigenvalue weighted by molar-refractivity contribution is 5.97. The summed E-state index contributed by atoms with van der Waals surface area (Å²) in [5.74, 6) is -0.651. The first kappa shape index (κ1) is 14.6. The van der Waals surface area contributed by atoms with E-state index >= 15 is 0 Å². The summed E-state index contributed by atoms with van der Waals surface area (Å²) in [4.78, 5) is 23.3. The number of allylic oxidation sites excluding steroid dienone is 1. The number of rotatable bonds is 5. The standard InChI is InChI=1S/C16H16N2O3/c1-3-6-11-7-4-5-8-14(11)21-16(20)13-9-12(15(17)19)10-18(13)2/h3-5,7-10H,1,6H2,2H3,(H2,17,19). The smallest absolute Gasteiger partial charge is 0.360 e. The van der Waals surface area contributed by atoms with E-state index in [1.54, 1.807) is 25.3 Å². The molecule has 2 aromatic rings. The van der Waals surface area contributed by atoms with Crippen LogP contribution in [0.5, 0.6) is 5.75 Å². The minimum Gasteiger partial charge on any atom is -0.422 e. The van der Waals surface area contributed by atoms with Crippen molar-refractivity contribution in [2.24, 2.45) is 12.8 Å². The van der Waals surface area contributed by atoms with Gasteiger partial charge in [0, 0.05) is 13.2 Å². The summed E-state index contributed by atoms with van der Waals surface area (Å²) in [5.41, 5.74) is 6.59. The van der Waals surface area contributed by atoms with Gasteiger partial charge in [0.2, 0.25) is 5.91 Å². The zero-order valence-electron chi connectivity index (χ0n) is 11.7. The monoisotopic (exact) mass is 284 g/mol. The Balaban J connectivity index is 2.26.